The third-order valence-electron chi connectivity index (χ3n) is 4.05. The molecule has 24 heavy (non-hydrogen) atoms. The van der Waals surface area contributed by atoms with Crippen molar-refractivity contribution in [1.82, 2.24) is 9.88 Å². The Kier molecular flexibility index (Phi) is 4.75. The number of aromatic nitrogens is 1. The van der Waals surface area contributed by atoms with Gasteiger partial charge in [-0.25, -0.2) is 4.98 Å². The molecule has 1 saturated heterocycles. The van der Waals surface area contributed by atoms with Gasteiger partial charge in [0.05, 0.1) is 22.0 Å². The Balaban J connectivity index is 1.62. The molecule has 2 aromatic rings. The maximum atomic E-state index is 12.4. The fourth-order valence-electron chi connectivity index (χ4n) is 2.84. The highest BCUT2D eigenvalue weighted by Gasteiger charge is 2.25. The van der Waals surface area contributed by atoms with Crippen LogP contribution < -0.4 is 4.90 Å². The van der Waals surface area contributed by atoms with Gasteiger partial charge in [0.15, 0.2) is 0 Å². The first-order valence-corrected chi connectivity index (χ1v) is 8.59. The zero-order valence-electron chi connectivity index (χ0n) is 13.3. The van der Waals surface area contributed by atoms with Crippen molar-refractivity contribution in [2.75, 3.05) is 31.1 Å². The molecule has 0 spiro atoms. The Morgan fingerprint density at radius 1 is 1.29 bits per heavy atom. The highest BCUT2D eigenvalue weighted by atomic mass is 32.1. The lowest BCUT2D eigenvalue weighted by molar-refractivity contribution is -0.384. The van der Waals surface area contributed by atoms with Crippen LogP contribution >= 0.6 is 11.3 Å². The van der Waals surface area contributed by atoms with Crippen LogP contribution in [0, 0.1) is 17.0 Å². The summed E-state index contributed by atoms with van der Waals surface area (Å²) in [4.78, 5) is 31.2. The van der Waals surface area contributed by atoms with Gasteiger partial charge < -0.3 is 9.80 Å². The zero-order valence-corrected chi connectivity index (χ0v) is 14.2. The number of nitro groups is 1. The van der Waals surface area contributed by atoms with Gasteiger partial charge in [-0.2, -0.15) is 0 Å². The Morgan fingerprint density at radius 3 is 2.62 bits per heavy atom. The minimum Gasteiger partial charge on any atom is -0.362 e. The van der Waals surface area contributed by atoms with E-state index in [-0.39, 0.29) is 16.5 Å². The van der Waals surface area contributed by atoms with E-state index in [9.17, 15) is 14.9 Å². The molecule has 3 rings (SSSR count). The van der Waals surface area contributed by atoms with Crippen LogP contribution in [0.5, 0.6) is 0 Å². The summed E-state index contributed by atoms with van der Waals surface area (Å²) in [7, 11) is 0. The summed E-state index contributed by atoms with van der Waals surface area (Å²) < 4.78 is 0. The normalized spacial score (nSPS) is 14.7. The summed E-state index contributed by atoms with van der Waals surface area (Å²) in [6, 6.07) is 6.73. The largest absolute Gasteiger partial charge is 0.362 e. The standard InChI is InChI=1S/C16H18N4O3S/c1-12-17-13(11-24-12)10-16(21)19-8-6-18(7-9-19)14-4-2-3-5-15(14)20(22)23/h2-5,11H,6-10H2,1H3. The van der Waals surface area contributed by atoms with Crippen LogP contribution in [0.25, 0.3) is 0 Å². The highest BCUT2D eigenvalue weighted by Crippen LogP contribution is 2.28. The van der Waals surface area contributed by atoms with Crippen LogP contribution in [0.1, 0.15) is 10.7 Å². The molecule has 1 amide bonds. The molecule has 0 aliphatic carbocycles. The molecule has 0 saturated carbocycles. The molecule has 0 atom stereocenters. The maximum absolute atomic E-state index is 12.4. The Labute approximate surface area is 143 Å². The molecule has 0 bridgehead atoms. The number of para-hydroxylation sites is 2. The van der Waals surface area contributed by atoms with Crippen LogP contribution in [0.2, 0.25) is 0 Å². The molecule has 1 aromatic carbocycles. The second kappa shape index (κ2) is 6.96. The molecule has 1 aliphatic heterocycles. The van der Waals surface area contributed by atoms with Crippen molar-refractivity contribution in [1.29, 1.82) is 0 Å². The zero-order chi connectivity index (χ0) is 17.1. The molecular weight excluding hydrogens is 328 g/mol. The quantitative estimate of drug-likeness (QED) is 0.627. The number of carbonyl (C=O) groups is 1. The highest BCUT2D eigenvalue weighted by molar-refractivity contribution is 7.09. The topological polar surface area (TPSA) is 79.6 Å². The number of nitro benzene ring substituents is 1. The lowest BCUT2D eigenvalue weighted by Crippen LogP contribution is -2.49. The third kappa shape index (κ3) is 3.53. The number of thiazole rings is 1. The maximum Gasteiger partial charge on any atom is 0.292 e. The van der Waals surface area contributed by atoms with E-state index in [0.717, 1.165) is 10.7 Å². The van der Waals surface area contributed by atoms with Crippen LogP contribution in [0.4, 0.5) is 11.4 Å². The fraction of sp³-hybridized carbons (Fsp3) is 0.375. The van der Waals surface area contributed by atoms with Gasteiger partial charge in [-0.05, 0) is 13.0 Å². The lowest BCUT2D eigenvalue weighted by atomic mass is 10.2. The summed E-state index contributed by atoms with van der Waals surface area (Å²) in [6.07, 6.45) is 0.315. The van der Waals surface area contributed by atoms with Crippen LogP contribution in [0.15, 0.2) is 29.6 Å². The van der Waals surface area contributed by atoms with Crippen molar-refractivity contribution in [2.45, 2.75) is 13.3 Å². The second-order valence-electron chi connectivity index (χ2n) is 5.65. The molecule has 126 valence electrons. The van der Waals surface area contributed by atoms with E-state index in [0.29, 0.717) is 38.3 Å². The van der Waals surface area contributed by atoms with E-state index >= 15 is 0 Å². The smallest absolute Gasteiger partial charge is 0.292 e. The molecule has 1 aromatic heterocycles. The number of hydrogen-bond donors (Lipinski definition) is 0. The Morgan fingerprint density at radius 2 is 2.00 bits per heavy atom. The third-order valence-corrected chi connectivity index (χ3v) is 4.87. The van der Waals surface area contributed by atoms with E-state index in [1.807, 2.05) is 17.2 Å². The van der Waals surface area contributed by atoms with E-state index in [4.69, 9.17) is 0 Å². The van der Waals surface area contributed by atoms with Crippen LogP contribution in [-0.4, -0.2) is 46.9 Å². The number of piperazine rings is 1. The van der Waals surface area contributed by atoms with Gasteiger partial charge in [0.1, 0.15) is 5.69 Å². The minimum atomic E-state index is -0.364. The van der Waals surface area contributed by atoms with E-state index in [1.165, 1.54) is 6.07 Å². The SMILES string of the molecule is Cc1nc(CC(=O)N2CCN(c3ccccc3[N+](=O)[O-])CC2)cs1. The van der Waals surface area contributed by atoms with Gasteiger partial charge in [-0.3, -0.25) is 14.9 Å². The van der Waals surface area contributed by atoms with Gasteiger partial charge >= 0.3 is 0 Å². The van der Waals surface area contributed by atoms with Gasteiger partial charge in [0.2, 0.25) is 5.91 Å². The summed E-state index contributed by atoms with van der Waals surface area (Å²) in [5, 5.41) is 14.0. The van der Waals surface area contributed by atoms with Crippen molar-refractivity contribution >= 4 is 28.6 Å². The van der Waals surface area contributed by atoms with E-state index in [1.54, 1.807) is 34.4 Å². The first-order chi connectivity index (χ1) is 11.5. The van der Waals surface area contributed by atoms with Gasteiger partial charge in [-0.15, -0.1) is 11.3 Å². The fourth-order valence-corrected chi connectivity index (χ4v) is 3.45. The number of benzene rings is 1. The Bertz CT molecular complexity index is 753. The number of rotatable bonds is 4. The molecule has 7 nitrogen and oxygen atoms in total. The summed E-state index contributed by atoms with van der Waals surface area (Å²) in [5.74, 6) is 0.0579. The summed E-state index contributed by atoms with van der Waals surface area (Å²) in [6.45, 7) is 4.23. The summed E-state index contributed by atoms with van der Waals surface area (Å²) >= 11 is 1.54. The first kappa shape index (κ1) is 16.4. The van der Waals surface area contributed by atoms with Crippen LogP contribution in [0.3, 0.4) is 0 Å². The summed E-state index contributed by atoms with van der Waals surface area (Å²) in [5.41, 5.74) is 1.53. The van der Waals surface area contributed by atoms with Gasteiger partial charge in [-0.1, -0.05) is 12.1 Å². The number of aryl methyl sites for hydroxylation is 1. The van der Waals surface area contributed by atoms with Gasteiger partial charge in [0, 0.05) is 37.6 Å². The van der Waals surface area contributed by atoms with Gasteiger partial charge in [0.25, 0.3) is 5.69 Å². The minimum absolute atomic E-state index is 0.0579. The van der Waals surface area contributed by atoms with Crippen LogP contribution in [-0.2, 0) is 11.2 Å². The lowest BCUT2D eigenvalue weighted by Gasteiger charge is -2.35. The molecule has 8 heteroatoms. The van der Waals surface area contributed by atoms with Crippen molar-refractivity contribution in [3.05, 3.63) is 50.5 Å². The number of amides is 1. The molecule has 0 N–H and O–H groups in total. The van der Waals surface area contributed by atoms with Crippen molar-refractivity contribution in [2.24, 2.45) is 0 Å². The van der Waals surface area contributed by atoms with E-state index in [2.05, 4.69) is 4.98 Å². The molecule has 0 unspecified atom stereocenters. The number of carbonyl (C=O) groups excluding carboxylic acids is 1. The molecule has 0 radical (unpaired) electrons. The van der Waals surface area contributed by atoms with Crippen molar-refractivity contribution < 1.29 is 9.72 Å². The van der Waals surface area contributed by atoms with E-state index < -0.39 is 0 Å². The Hall–Kier alpha value is -2.48. The monoisotopic (exact) mass is 346 g/mol. The van der Waals surface area contributed by atoms with Crippen molar-refractivity contribution in [3.8, 4) is 0 Å². The van der Waals surface area contributed by atoms with Crippen molar-refractivity contribution in [3.63, 3.8) is 0 Å². The molecule has 2 heterocycles. The molecule has 1 fully saturated rings. The first-order valence-electron chi connectivity index (χ1n) is 7.72. The molecule has 1 aliphatic rings. The number of hydrogen-bond acceptors (Lipinski definition) is 6. The number of nitrogens with zero attached hydrogens (tertiary/aromatic N) is 4. The predicted molar refractivity (Wildman–Crippen MR) is 92.4 cm³/mol. The average molecular weight is 346 g/mol. The average Bonchev–Trinajstić information content (AvgIpc) is 3.00. The predicted octanol–water partition coefficient (Wildman–Crippen LogP) is 2.25. The molecular formula is C16H18N4O3S. The number of anilines is 1. The second-order valence-corrected chi connectivity index (χ2v) is 6.71.